The van der Waals surface area contributed by atoms with E-state index in [1.165, 1.54) is 40.4 Å². The summed E-state index contributed by atoms with van der Waals surface area (Å²) in [6, 6.07) is 5.78. The molecule has 9 heteroatoms. The van der Waals surface area contributed by atoms with Crippen LogP contribution in [0.2, 0.25) is 0 Å². The van der Waals surface area contributed by atoms with Crippen LogP contribution in [0.15, 0.2) is 30.3 Å². The molecule has 7 nitrogen and oxygen atoms in total. The molecule has 0 aliphatic rings. The van der Waals surface area contributed by atoms with Crippen LogP contribution in [-0.4, -0.2) is 39.7 Å². The lowest BCUT2D eigenvalue weighted by molar-refractivity contribution is -0.120. The van der Waals surface area contributed by atoms with E-state index in [9.17, 15) is 18.4 Å². The van der Waals surface area contributed by atoms with Crippen molar-refractivity contribution in [3.8, 4) is 17.2 Å². The zero-order valence-electron chi connectivity index (χ0n) is 15.8. The number of halogens is 2. The van der Waals surface area contributed by atoms with E-state index in [0.717, 1.165) is 17.0 Å². The highest BCUT2D eigenvalue weighted by atomic mass is 19.1. The largest absolute Gasteiger partial charge is 0.493 e. The minimum Gasteiger partial charge on any atom is -0.493 e. The van der Waals surface area contributed by atoms with Gasteiger partial charge in [-0.15, -0.1) is 0 Å². The molecule has 0 radical (unpaired) electrons. The van der Waals surface area contributed by atoms with Crippen LogP contribution in [0.5, 0.6) is 17.2 Å². The fourth-order valence-electron chi connectivity index (χ4n) is 2.53. The van der Waals surface area contributed by atoms with Crippen molar-refractivity contribution < 1.29 is 32.6 Å². The second kappa shape index (κ2) is 9.03. The molecule has 0 aromatic heterocycles. The van der Waals surface area contributed by atoms with Crippen LogP contribution in [0.1, 0.15) is 6.92 Å². The summed E-state index contributed by atoms with van der Waals surface area (Å²) in [5, 5.41) is 2.31. The molecule has 0 aliphatic carbocycles. The predicted molar refractivity (Wildman–Crippen MR) is 99.1 cm³/mol. The first kappa shape index (κ1) is 20.9. The molecule has 0 spiro atoms. The topological polar surface area (TPSA) is 77.1 Å². The van der Waals surface area contributed by atoms with Crippen molar-refractivity contribution in [1.82, 2.24) is 0 Å². The number of nitrogens with zero attached hydrogens (tertiary/aromatic N) is 1. The number of hydrogen-bond acceptors (Lipinski definition) is 5. The van der Waals surface area contributed by atoms with Crippen molar-refractivity contribution in [3.63, 3.8) is 0 Å². The van der Waals surface area contributed by atoms with Crippen LogP contribution in [0.3, 0.4) is 0 Å². The van der Waals surface area contributed by atoms with Gasteiger partial charge >= 0.3 is 0 Å². The summed E-state index contributed by atoms with van der Waals surface area (Å²) < 4.78 is 42.4. The Morgan fingerprint density at radius 1 is 1.00 bits per heavy atom. The number of benzene rings is 2. The summed E-state index contributed by atoms with van der Waals surface area (Å²) in [5.41, 5.74) is 0.122. The van der Waals surface area contributed by atoms with E-state index in [0.29, 0.717) is 29.0 Å². The minimum atomic E-state index is -0.921. The van der Waals surface area contributed by atoms with E-state index in [-0.39, 0.29) is 5.69 Å². The number of anilines is 2. The maximum Gasteiger partial charge on any atom is 0.244 e. The maximum atomic E-state index is 13.7. The third kappa shape index (κ3) is 4.67. The van der Waals surface area contributed by atoms with Gasteiger partial charge in [0.1, 0.15) is 18.2 Å². The number of amides is 2. The van der Waals surface area contributed by atoms with Gasteiger partial charge in [-0.1, -0.05) is 0 Å². The highest BCUT2D eigenvalue weighted by Gasteiger charge is 2.21. The smallest absolute Gasteiger partial charge is 0.244 e. The van der Waals surface area contributed by atoms with Gasteiger partial charge in [0, 0.05) is 25.1 Å². The van der Waals surface area contributed by atoms with Gasteiger partial charge in [-0.2, -0.15) is 0 Å². The number of ether oxygens (including phenoxy) is 3. The lowest BCUT2D eigenvalue weighted by atomic mass is 10.2. The zero-order valence-corrected chi connectivity index (χ0v) is 15.8. The van der Waals surface area contributed by atoms with Gasteiger partial charge in [-0.25, -0.2) is 8.78 Å². The molecule has 0 atom stereocenters. The number of nitrogens with one attached hydrogen (secondary N) is 1. The molecule has 0 heterocycles. The molecule has 0 bridgehead atoms. The Balaban J connectivity index is 2.30. The summed E-state index contributed by atoms with van der Waals surface area (Å²) in [6.07, 6.45) is 0. The summed E-state index contributed by atoms with van der Waals surface area (Å²) in [5.74, 6) is -1.87. The molecular formula is C19H20F2N2O5. The average Bonchev–Trinajstić information content (AvgIpc) is 2.66. The first-order valence-electron chi connectivity index (χ1n) is 8.13. The molecule has 2 aromatic rings. The van der Waals surface area contributed by atoms with Gasteiger partial charge in [0.05, 0.1) is 32.7 Å². The van der Waals surface area contributed by atoms with Crippen LogP contribution < -0.4 is 24.4 Å². The first-order valence-corrected chi connectivity index (χ1v) is 8.13. The van der Waals surface area contributed by atoms with Gasteiger partial charge in [-0.3, -0.25) is 9.59 Å². The Morgan fingerprint density at radius 3 is 2.07 bits per heavy atom. The lowest BCUT2D eigenvalue weighted by Crippen LogP contribution is -2.36. The molecule has 2 rings (SSSR count). The highest BCUT2D eigenvalue weighted by Crippen LogP contribution is 2.41. The first-order chi connectivity index (χ1) is 13.3. The number of carbonyl (C=O) groups is 2. The molecule has 28 heavy (non-hydrogen) atoms. The standard InChI is InChI=1S/C19H20F2N2O5/c1-11(24)23(10-18(25)22-15-6-5-12(20)7-14(15)21)13-8-16(26-2)19(28-4)17(9-13)27-3/h5-9H,10H2,1-4H3,(H,22,25). The molecule has 1 N–H and O–H groups in total. The van der Waals surface area contributed by atoms with Crippen molar-refractivity contribution in [2.45, 2.75) is 6.92 Å². The van der Waals surface area contributed by atoms with E-state index in [4.69, 9.17) is 14.2 Å². The molecule has 150 valence electrons. The van der Waals surface area contributed by atoms with Crippen LogP contribution in [0.4, 0.5) is 20.2 Å². The van der Waals surface area contributed by atoms with E-state index in [1.54, 1.807) is 0 Å². The molecular weight excluding hydrogens is 374 g/mol. The van der Waals surface area contributed by atoms with E-state index in [2.05, 4.69) is 5.32 Å². The van der Waals surface area contributed by atoms with E-state index < -0.39 is 30.0 Å². The number of carbonyl (C=O) groups excluding carboxylic acids is 2. The van der Waals surface area contributed by atoms with Gasteiger partial charge in [0.2, 0.25) is 17.6 Å². The Hall–Kier alpha value is -3.36. The Kier molecular flexibility index (Phi) is 6.75. The summed E-state index contributed by atoms with van der Waals surface area (Å²) in [4.78, 5) is 25.6. The van der Waals surface area contributed by atoms with Crippen LogP contribution >= 0.6 is 0 Å². The summed E-state index contributed by atoms with van der Waals surface area (Å²) in [6.45, 7) is 0.861. The number of hydrogen-bond donors (Lipinski definition) is 1. The minimum absolute atomic E-state index is 0.195. The van der Waals surface area contributed by atoms with Gasteiger partial charge < -0.3 is 24.4 Å². The molecule has 0 unspecified atom stereocenters. The molecule has 0 saturated carbocycles. The Bertz CT molecular complexity index is 864. The monoisotopic (exact) mass is 394 g/mol. The van der Waals surface area contributed by atoms with Crippen molar-refractivity contribution in [2.75, 3.05) is 38.1 Å². The van der Waals surface area contributed by atoms with Gasteiger partial charge in [0.15, 0.2) is 11.5 Å². The fourth-order valence-corrected chi connectivity index (χ4v) is 2.53. The average molecular weight is 394 g/mol. The molecule has 2 aromatic carbocycles. The van der Waals surface area contributed by atoms with Crippen molar-refractivity contribution in [2.24, 2.45) is 0 Å². The SMILES string of the molecule is COc1cc(N(CC(=O)Nc2ccc(F)cc2F)C(C)=O)cc(OC)c1OC. The second-order valence-corrected chi connectivity index (χ2v) is 5.66. The van der Waals surface area contributed by atoms with Gasteiger partial charge in [-0.05, 0) is 12.1 Å². The van der Waals surface area contributed by atoms with Crippen LogP contribution in [0.25, 0.3) is 0 Å². The lowest BCUT2D eigenvalue weighted by Gasteiger charge is -2.23. The zero-order chi connectivity index (χ0) is 20.8. The molecule has 2 amide bonds. The highest BCUT2D eigenvalue weighted by molar-refractivity contribution is 6.02. The Morgan fingerprint density at radius 2 is 1.61 bits per heavy atom. The van der Waals surface area contributed by atoms with E-state index >= 15 is 0 Å². The molecule has 0 saturated heterocycles. The van der Waals surface area contributed by atoms with Gasteiger partial charge in [0.25, 0.3) is 0 Å². The molecule has 0 aliphatic heterocycles. The predicted octanol–water partition coefficient (Wildman–Crippen LogP) is 2.98. The Labute approximate surface area is 160 Å². The van der Waals surface area contributed by atoms with Crippen molar-refractivity contribution in [1.29, 1.82) is 0 Å². The van der Waals surface area contributed by atoms with Crippen LogP contribution in [0, 0.1) is 11.6 Å². The van der Waals surface area contributed by atoms with Crippen molar-refractivity contribution >= 4 is 23.2 Å². The third-order valence-electron chi connectivity index (χ3n) is 3.85. The van der Waals surface area contributed by atoms with Crippen molar-refractivity contribution in [3.05, 3.63) is 42.0 Å². The third-order valence-corrected chi connectivity index (χ3v) is 3.85. The number of methoxy groups -OCH3 is 3. The van der Waals surface area contributed by atoms with E-state index in [1.807, 2.05) is 0 Å². The quantitative estimate of drug-likeness (QED) is 0.781. The number of rotatable bonds is 7. The maximum absolute atomic E-state index is 13.7. The normalized spacial score (nSPS) is 10.2. The summed E-state index contributed by atoms with van der Waals surface area (Å²) in [7, 11) is 4.28. The second-order valence-electron chi connectivity index (χ2n) is 5.66. The molecule has 0 fully saturated rings. The van der Waals surface area contributed by atoms with Crippen LogP contribution in [-0.2, 0) is 9.59 Å². The summed E-state index contributed by atoms with van der Waals surface area (Å²) >= 11 is 0. The fraction of sp³-hybridized carbons (Fsp3) is 0.263.